The zero-order valence-electron chi connectivity index (χ0n) is 14.3. The summed E-state index contributed by atoms with van der Waals surface area (Å²) in [6.07, 6.45) is -1.20. The number of hydrogen-bond acceptors (Lipinski definition) is 2. The van der Waals surface area contributed by atoms with E-state index in [1.165, 1.54) is 11.0 Å². The van der Waals surface area contributed by atoms with E-state index in [-0.39, 0.29) is 6.54 Å². The van der Waals surface area contributed by atoms with Crippen LogP contribution in [-0.2, 0) is 12.7 Å². The summed E-state index contributed by atoms with van der Waals surface area (Å²) in [7, 11) is 0. The van der Waals surface area contributed by atoms with Crippen LogP contribution >= 0.6 is 0 Å². The van der Waals surface area contributed by atoms with Gasteiger partial charge in [-0.2, -0.15) is 13.2 Å². The van der Waals surface area contributed by atoms with Crippen LogP contribution in [0.1, 0.15) is 30.7 Å². The topological polar surface area (TPSA) is 21.1 Å². The summed E-state index contributed by atoms with van der Waals surface area (Å²) in [5, 5.41) is 0. The third-order valence-electron chi connectivity index (χ3n) is 4.89. The fraction of sp³-hybridized carbons (Fsp3) is 0.350. The van der Waals surface area contributed by atoms with Crippen LogP contribution in [-0.4, -0.2) is 22.6 Å². The zero-order valence-corrected chi connectivity index (χ0v) is 14.3. The number of rotatable bonds is 3. The molecule has 26 heavy (non-hydrogen) atoms. The predicted octanol–water partition coefficient (Wildman–Crippen LogP) is 5.09. The normalized spacial score (nSPS) is 15.6. The first-order chi connectivity index (χ1) is 12.5. The Morgan fingerprint density at radius 2 is 1.62 bits per heavy atom. The van der Waals surface area contributed by atoms with Crippen molar-refractivity contribution in [2.45, 2.75) is 32.0 Å². The number of alkyl halides is 3. The second kappa shape index (κ2) is 6.67. The molecular weight excluding hydrogens is 339 g/mol. The summed E-state index contributed by atoms with van der Waals surface area (Å²) in [6, 6.07) is 14.6. The molecule has 1 aromatic heterocycles. The molecule has 1 fully saturated rings. The van der Waals surface area contributed by atoms with E-state index in [1.807, 2.05) is 42.5 Å². The first kappa shape index (κ1) is 16.9. The molecule has 6 heteroatoms. The van der Waals surface area contributed by atoms with E-state index >= 15 is 0 Å². The minimum absolute atomic E-state index is 0.148. The van der Waals surface area contributed by atoms with Gasteiger partial charge in [-0.15, -0.1) is 0 Å². The maximum atomic E-state index is 13.7. The average Bonchev–Trinajstić information content (AvgIpc) is 3.02. The lowest BCUT2D eigenvalue weighted by Crippen LogP contribution is -2.29. The summed E-state index contributed by atoms with van der Waals surface area (Å²) in [6.45, 7) is 1.88. The van der Waals surface area contributed by atoms with Crippen LogP contribution in [0.25, 0.3) is 11.0 Å². The van der Waals surface area contributed by atoms with Gasteiger partial charge >= 0.3 is 6.18 Å². The minimum Gasteiger partial charge on any atom is -0.370 e. The fourth-order valence-corrected chi connectivity index (χ4v) is 3.66. The van der Waals surface area contributed by atoms with E-state index in [9.17, 15) is 13.2 Å². The Balaban J connectivity index is 1.86. The number of hydrogen-bond donors (Lipinski definition) is 0. The zero-order chi connectivity index (χ0) is 18.1. The van der Waals surface area contributed by atoms with Crippen LogP contribution in [0, 0.1) is 0 Å². The summed E-state index contributed by atoms with van der Waals surface area (Å²) in [5.74, 6) is -0.833. The number of piperidine rings is 1. The van der Waals surface area contributed by atoms with Gasteiger partial charge in [0.2, 0.25) is 5.82 Å². The minimum atomic E-state index is -4.49. The Bertz CT molecular complexity index is 894. The summed E-state index contributed by atoms with van der Waals surface area (Å²) in [4.78, 5) is 6.21. The first-order valence-corrected chi connectivity index (χ1v) is 8.89. The molecule has 1 aliphatic rings. The fourth-order valence-electron chi connectivity index (χ4n) is 3.66. The van der Waals surface area contributed by atoms with Crippen molar-refractivity contribution in [1.82, 2.24) is 9.55 Å². The van der Waals surface area contributed by atoms with Crippen molar-refractivity contribution in [1.29, 1.82) is 0 Å². The molecule has 0 bridgehead atoms. The molecule has 0 saturated carbocycles. The number of para-hydroxylation sites is 1. The van der Waals surface area contributed by atoms with E-state index in [0.29, 0.717) is 11.0 Å². The van der Waals surface area contributed by atoms with Gasteiger partial charge < -0.3 is 9.47 Å². The molecule has 2 aromatic carbocycles. The second-order valence-corrected chi connectivity index (χ2v) is 6.70. The molecule has 0 aliphatic carbocycles. The van der Waals surface area contributed by atoms with E-state index in [2.05, 4.69) is 9.88 Å². The summed E-state index contributed by atoms with van der Waals surface area (Å²) in [5.41, 5.74) is 2.60. The van der Waals surface area contributed by atoms with Crippen molar-refractivity contribution in [2.24, 2.45) is 0 Å². The number of benzene rings is 2. The van der Waals surface area contributed by atoms with E-state index in [0.717, 1.165) is 37.2 Å². The van der Waals surface area contributed by atoms with E-state index in [4.69, 9.17) is 0 Å². The lowest BCUT2D eigenvalue weighted by Gasteiger charge is -2.28. The highest BCUT2D eigenvalue weighted by molar-refractivity contribution is 5.89. The van der Waals surface area contributed by atoms with Gasteiger partial charge in [0.25, 0.3) is 0 Å². The number of anilines is 1. The van der Waals surface area contributed by atoms with Gasteiger partial charge in [-0.25, -0.2) is 4.98 Å². The molecule has 0 atom stereocenters. The van der Waals surface area contributed by atoms with Crippen LogP contribution in [0.2, 0.25) is 0 Å². The molecule has 4 rings (SSSR count). The van der Waals surface area contributed by atoms with Crippen LogP contribution in [0.4, 0.5) is 18.9 Å². The van der Waals surface area contributed by atoms with Crippen LogP contribution in [0.5, 0.6) is 0 Å². The maximum absolute atomic E-state index is 13.7. The van der Waals surface area contributed by atoms with Gasteiger partial charge in [-0.05, 0) is 37.0 Å². The molecule has 0 unspecified atom stereocenters. The van der Waals surface area contributed by atoms with Crippen molar-refractivity contribution in [2.75, 3.05) is 18.0 Å². The van der Waals surface area contributed by atoms with Gasteiger partial charge in [0.05, 0.1) is 11.2 Å². The average molecular weight is 359 g/mol. The highest BCUT2D eigenvalue weighted by atomic mass is 19.4. The maximum Gasteiger partial charge on any atom is 0.449 e. The Labute approximate surface area is 150 Å². The Hall–Kier alpha value is -2.50. The first-order valence-electron chi connectivity index (χ1n) is 8.89. The number of fused-ring (bicyclic) bond motifs is 1. The summed E-state index contributed by atoms with van der Waals surface area (Å²) < 4.78 is 42.3. The highest BCUT2D eigenvalue weighted by Gasteiger charge is 2.38. The van der Waals surface area contributed by atoms with Crippen molar-refractivity contribution in [3.8, 4) is 0 Å². The molecular formula is C20H20F3N3. The van der Waals surface area contributed by atoms with Gasteiger partial charge in [0, 0.05) is 19.6 Å². The standard InChI is InChI=1S/C20H20F3N3/c21-20(22,23)19-24-18-16(25-12-5-2-6-13-25)10-7-11-17(18)26(19)14-15-8-3-1-4-9-15/h1,3-4,7-11H,2,5-6,12-14H2. The molecule has 0 radical (unpaired) electrons. The molecule has 0 amide bonds. The SMILES string of the molecule is FC(F)(F)c1nc2c(N3CCCCC3)cccc2n1Cc1ccccc1. The Morgan fingerprint density at radius 3 is 2.31 bits per heavy atom. The molecule has 1 saturated heterocycles. The van der Waals surface area contributed by atoms with Gasteiger partial charge in [-0.3, -0.25) is 0 Å². The molecule has 0 N–H and O–H groups in total. The number of imidazole rings is 1. The van der Waals surface area contributed by atoms with Crippen molar-refractivity contribution >= 4 is 16.7 Å². The van der Waals surface area contributed by atoms with E-state index in [1.54, 1.807) is 6.07 Å². The lowest BCUT2D eigenvalue weighted by atomic mass is 10.1. The van der Waals surface area contributed by atoms with Crippen molar-refractivity contribution in [3.63, 3.8) is 0 Å². The van der Waals surface area contributed by atoms with Gasteiger partial charge in [-0.1, -0.05) is 36.4 Å². The molecule has 2 heterocycles. The highest BCUT2D eigenvalue weighted by Crippen LogP contribution is 2.36. The number of nitrogens with zero attached hydrogens (tertiary/aromatic N) is 3. The predicted molar refractivity (Wildman–Crippen MR) is 96.3 cm³/mol. The lowest BCUT2D eigenvalue weighted by molar-refractivity contribution is -0.146. The van der Waals surface area contributed by atoms with Crippen LogP contribution in [0.3, 0.4) is 0 Å². The molecule has 136 valence electrons. The second-order valence-electron chi connectivity index (χ2n) is 6.70. The molecule has 1 aliphatic heterocycles. The number of halogens is 3. The van der Waals surface area contributed by atoms with Gasteiger partial charge in [0.15, 0.2) is 0 Å². The number of aromatic nitrogens is 2. The van der Waals surface area contributed by atoms with Crippen LogP contribution in [0.15, 0.2) is 48.5 Å². The molecule has 0 spiro atoms. The largest absolute Gasteiger partial charge is 0.449 e. The summed E-state index contributed by atoms with van der Waals surface area (Å²) >= 11 is 0. The van der Waals surface area contributed by atoms with E-state index < -0.39 is 12.0 Å². The smallest absolute Gasteiger partial charge is 0.370 e. The quantitative estimate of drug-likeness (QED) is 0.649. The Kier molecular flexibility index (Phi) is 4.34. The van der Waals surface area contributed by atoms with Crippen LogP contribution < -0.4 is 4.90 Å². The van der Waals surface area contributed by atoms with Crippen molar-refractivity contribution < 1.29 is 13.2 Å². The molecule has 3 nitrogen and oxygen atoms in total. The van der Waals surface area contributed by atoms with Crippen molar-refractivity contribution in [3.05, 3.63) is 59.9 Å². The monoisotopic (exact) mass is 359 g/mol. The Morgan fingerprint density at radius 1 is 0.885 bits per heavy atom. The molecule has 3 aromatic rings. The third kappa shape index (κ3) is 3.16. The third-order valence-corrected chi connectivity index (χ3v) is 4.89. The van der Waals surface area contributed by atoms with Gasteiger partial charge in [0.1, 0.15) is 5.52 Å².